The third kappa shape index (κ3) is 4.35. The zero-order valence-corrected chi connectivity index (χ0v) is 16.5. The number of halogens is 1. The highest BCUT2D eigenvalue weighted by Gasteiger charge is 2.16. The fourth-order valence-electron chi connectivity index (χ4n) is 2.34. The van der Waals surface area contributed by atoms with Crippen LogP contribution < -0.4 is 10.1 Å². The van der Waals surface area contributed by atoms with Crippen molar-refractivity contribution < 1.29 is 9.53 Å². The quantitative estimate of drug-likeness (QED) is 0.459. The Morgan fingerprint density at radius 2 is 2.04 bits per heavy atom. The number of hydrogen-bond acceptors (Lipinski definition) is 6. The maximum absolute atomic E-state index is 12.5. The lowest BCUT2D eigenvalue weighted by molar-refractivity contribution is 0.102. The molecule has 0 fully saturated rings. The summed E-state index contributed by atoms with van der Waals surface area (Å²) in [5.74, 6) is 0.973. The van der Waals surface area contributed by atoms with E-state index in [1.807, 2.05) is 43.3 Å². The Hall–Kier alpha value is -2.09. The summed E-state index contributed by atoms with van der Waals surface area (Å²) in [4.78, 5) is 12.5. The van der Waals surface area contributed by atoms with Crippen LogP contribution in [0.15, 0.2) is 46.8 Å². The lowest BCUT2D eigenvalue weighted by Gasteiger charge is -2.09. The van der Waals surface area contributed by atoms with E-state index in [-0.39, 0.29) is 5.91 Å². The highest BCUT2D eigenvalue weighted by atomic mass is 35.5. The van der Waals surface area contributed by atoms with Crippen LogP contribution >= 0.6 is 34.7 Å². The number of anilines is 1. The van der Waals surface area contributed by atoms with Crippen molar-refractivity contribution in [3.63, 3.8) is 0 Å². The molecule has 8 heteroatoms. The fourth-order valence-corrected chi connectivity index (χ4v) is 4.37. The average molecular weight is 406 g/mol. The van der Waals surface area contributed by atoms with E-state index in [1.165, 1.54) is 23.1 Å². The molecule has 0 radical (unpaired) electrons. The molecule has 3 rings (SSSR count). The molecule has 2 aromatic carbocycles. The van der Waals surface area contributed by atoms with Crippen LogP contribution in [-0.2, 0) is 5.75 Å². The summed E-state index contributed by atoms with van der Waals surface area (Å²) in [5, 5.41) is 12.1. The van der Waals surface area contributed by atoms with E-state index in [4.69, 9.17) is 16.3 Å². The van der Waals surface area contributed by atoms with E-state index < -0.39 is 0 Å². The molecule has 1 N–H and O–H groups in total. The largest absolute Gasteiger partial charge is 0.496 e. The standard InChI is InChI=1S/C18H16ClN3O2S2/c1-11-6-5-8-13(15(11)24-2)16(23)20-17-21-22-18(26-17)25-10-12-7-3-4-9-14(12)19/h3-9H,10H2,1-2H3,(H,20,21,23). The van der Waals surface area contributed by atoms with E-state index in [9.17, 15) is 4.79 Å². The number of aromatic nitrogens is 2. The first kappa shape index (κ1) is 18.7. The number of rotatable bonds is 6. The van der Waals surface area contributed by atoms with E-state index in [0.717, 1.165) is 20.5 Å². The van der Waals surface area contributed by atoms with Gasteiger partial charge in [0.2, 0.25) is 5.13 Å². The molecule has 0 aliphatic carbocycles. The Bertz CT molecular complexity index is 930. The van der Waals surface area contributed by atoms with Gasteiger partial charge in [-0.1, -0.05) is 65.0 Å². The molecule has 0 spiro atoms. The first-order valence-electron chi connectivity index (χ1n) is 7.73. The van der Waals surface area contributed by atoms with Crippen molar-refractivity contribution in [1.82, 2.24) is 10.2 Å². The summed E-state index contributed by atoms with van der Waals surface area (Å²) in [7, 11) is 1.55. The third-order valence-corrected chi connectivity index (χ3v) is 5.99. The van der Waals surface area contributed by atoms with Crippen LogP contribution in [0.3, 0.4) is 0 Å². The molecular formula is C18H16ClN3O2S2. The smallest absolute Gasteiger partial charge is 0.261 e. The summed E-state index contributed by atoms with van der Waals surface area (Å²) >= 11 is 9.01. The number of benzene rings is 2. The molecule has 1 aromatic heterocycles. The number of aryl methyl sites for hydroxylation is 1. The molecular weight excluding hydrogens is 390 g/mol. The van der Waals surface area contributed by atoms with Crippen molar-refractivity contribution in [2.45, 2.75) is 17.0 Å². The normalized spacial score (nSPS) is 10.6. The van der Waals surface area contributed by atoms with Gasteiger partial charge in [0.15, 0.2) is 4.34 Å². The molecule has 1 heterocycles. The van der Waals surface area contributed by atoms with Crippen LogP contribution in [0, 0.1) is 6.92 Å². The lowest BCUT2D eigenvalue weighted by Crippen LogP contribution is -2.13. The van der Waals surface area contributed by atoms with Gasteiger partial charge >= 0.3 is 0 Å². The number of nitrogens with zero attached hydrogens (tertiary/aromatic N) is 2. The van der Waals surface area contributed by atoms with Gasteiger partial charge < -0.3 is 4.74 Å². The highest BCUT2D eigenvalue weighted by molar-refractivity contribution is 8.00. The van der Waals surface area contributed by atoms with E-state index in [0.29, 0.717) is 22.2 Å². The first-order chi connectivity index (χ1) is 12.6. The van der Waals surface area contributed by atoms with Crippen LogP contribution in [-0.4, -0.2) is 23.2 Å². The van der Waals surface area contributed by atoms with Gasteiger partial charge in [-0.2, -0.15) is 0 Å². The summed E-state index contributed by atoms with van der Waals surface area (Å²) < 4.78 is 6.09. The van der Waals surface area contributed by atoms with E-state index in [2.05, 4.69) is 15.5 Å². The number of carbonyl (C=O) groups is 1. The minimum atomic E-state index is -0.274. The molecule has 134 valence electrons. The predicted molar refractivity (Wildman–Crippen MR) is 107 cm³/mol. The van der Waals surface area contributed by atoms with Crippen LogP contribution in [0.2, 0.25) is 5.02 Å². The lowest BCUT2D eigenvalue weighted by atomic mass is 10.1. The second-order valence-electron chi connectivity index (χ2n) is 5.36. The fraction of sp³-hybridized carbons (Fsp3) is 0.167. The van der Waals surface area contributed by atoms with Gasteiger partial charge in [-0.25, -0.2) is 0 Å². The number of para-hydroxylation sites is 1. The van der Waals surface area contributed by atoms with Crippen molar-refractivity contribution in [1.29, 1.82) is 0 Å². The third-order valence-electron chi connectivity index (χ3n) is 3.60. The SMILES string of the molecule is COc1c(C)cccc1C(=O)Nc1nnc(SCc2ccccc2Cl)s1. The van der Waals surface area contributed by atoms with Crippen LogP contribution in [0.4, 0.5) is 5.13 Å². The van der Waals surface area contributed by atoms with Crippen molar-refractivity contribution in [3.8, 4) is 5.75 Å². The monoisotopic (exact) mass is 405 g/mol. The molecule has 0 unspecified atom stereocenters. The predicted octanol–water partition coefficient (Wildman–Crippen LogP) is 5.05. The minimum Gasteiger partial charge on any atom is -0.496 e. The Kier molecular flexibility index (Phi) is 6.13. The maximum Gasteiger partial charge on any atom is 0.261 e. The maximum atomic E-state index is 12.5. The van der Waals surface area contributed by atoms with Crippen molar-refractivity contribution in [2.24, 2.45) is 0 Å². The molecule has 26 heavy (non-hydrogen) atoms. The van der Waals surface area contributed by atoms with Crippen molar-refractivity contribution >= 4 is 45.7 Å². The van der Waals surface area contributed by atoms with E-state index >= 15 is 0 Å². The molecule has 3 aromatic rings. The molecule has 0 saturated carbocycles. The van der Waals surface area contributed by atoms with Gasteiger partial charge in [0.25, 0.3) is 5.91 Å². The molecule has 0 aliphatic rings. The Morgan fingerprint density at radius 1 is 1.23 bits per heavy atom. The van der Waals surface area contributed by atoms with Crippen LogP contribution in [0.1, 0.15) is 21.5 Å². The molecule has 0 aliphatic heterocycles. The molecule has 0 saturated heterocycles. The molecule has 1 amide bonds. The first-order valence-corrected chi connectivity index (χ1v) is 9.91. The summed E-state index contributed by atoms with van der Waals surface area (Å²) in [5.41, 5.74) is 2.39. The van der Waals surface area contributed by atoms with E-state index in [1.54, 1.807) is 13.2 Å². The van der Waals surface area contributed by atoms with Gasteiger partial charge in [-0.15, -0.1) is 10.2 Å². The topological polar surface area (TPSA) is 64.1 Å². The summed E-state index contributed by atoms with van der Waals surface area (Å²) in [6, 6.07) is 13.1. The Labute approximate surface area is 164 Å². The van der Waals surface area contributed by atoms with Gasteiger partial charge in [-0.05, 0) is 30.2 Å². The van der Waals surface area contributed by atoms with Gasteiger partial charge in [0.05, 0.1) is 12.7 Å². The Balaban J connectivity index is 1.66. The average Bonchev–Trinajstić information content (AvgIpc) is 3.08. The summed E-state index contributed by atoms with van der Waals surface area (Å²) in [6.45, 7) is 1.89. The molecule has 5 nitrogen and oxygen atoms in total. The van der Waals surface area contributed by atoms with Crippen molar-refractivity contribution in [2.75, 3.05) is 12.4 Å². The second kappa shape index (κ2) is 8.53. The minimum absolute atomic E-state index is 0.274. The number of carbonyl (C=O) groups excluding carboxylic acids is 1. The van der Waals surface area contributed by atoms with Gasteiger partial charge in [0, 0.05) is 10.8 Å². The molecule has 0 bridgehead atoms. The summed E-state index contributed by atoms with van der Waals surface area (Å²) in [6.07, 6.45) is 0. The molecule has 0 atom stereocenters. The highest BCUT2D eigenvalue weighted by Crippen LogP contribution is 2.31. The number of methoxy groups -OCH3 is 1. The Morgan fingerprint density at radius 3 is 2.81 bits per heavy atom. The zero-order chi connectivity index (χ0) is 18.5. The zero-order valence-electron chi connectivity index (χ0n) is 14.2. The van der Waals surface area contributed by atoms with Crippen LogP contribution in [0.5, 0.6) is 5.75 Å². The number of nitrogens with one attached hydrogen (secondary N) is 1. The number of amides is 1. The number of hydrogen-bond donors (Lipinski definition) is 1. The van der Waals surface area contributed by atoms with Crippen LogP contribution in [0.25, 0.3) is 0 Å². The van der Waals surface area contributed by atoms with Crippen molar-refractivity contribution in [3.05, 3.63) is 64.2 Å². The second-order valence-corrected chi connectivity index (χ2v) is 7.97. The van der Waals surface area contributed by atoms with Gasteiger partial charge in [0.1, 0.15) is 5.75 Å². The number of thioether (sulfide) groups is 1. The number of ether oxygens (including phenoxy) is 1. The van der Waals surface area contributed by atoms with Gasteiger partial charge in [-0.3, -0.25) is 10.1 Å².